The molecule has 0 spiro atoms. The summed E-state index contributed by atoms with van der Waals surface area (Å²) in [5, 5.41) is 11.8. The van der Waals surface area contributed by atoms with Crippen molar-refractivity contribution in [2.24, 2.45) is 16.0 Å². The van der Waals surface area contributed by atoms with Gasteiger partial charge in [-0.3, -0.25) is 15.1 Å². The van der Waals surface area contributed by atoms with Crippen LogP contribution in [0.4, 0.5) is 0 Å². The van der Waals surface area contributed by atoms with Crippen molar-refractivity contribution in [3.8, 4) is 0 Å². The molecule has 0 saturated heterocycles. The average Bonchev–Trinajstić information content (AvgIpc) is 2.61. The fourth-order valence-corrected chi connectivity index (χ4v) is 3.87. The number of carbonyl (C=O) groups is 1. The number of amidine groups is 1. The van der Waals surface area contributed by atoms with E-state index in [2.05, 4.69) is 23.4 Å². The molecule has 0 fully saturated rings. The van der Waals surface area contributed by atoms with Gasteiger partial charge in [-0.15, -0.1) is 5.10 Å². The topological polar surface area (TPSA) is 57.1 Å². The first-order valence-electron chi connectivity index (χ1n) is 8.23. The number of hydrogen-bond acceptors (Lipinski definition) is 5. The number of para-hydroxylation sites is 1. The lowest BCUT2D eigenvalue weighted by Crippen LogP contribution is -2.54. The molecule has 0 aromatic heterocycles. The fourth-order valence-electron chi connectivity index (χ4n) is 3.51. The maximum absolute atomic E-state index is 12.7. The van der Waals surface area contributed by atoms with E-state index in [1.165, 1.54) is 17.3 Å². The lowest BCUT2D eigenvalue weighted by Gasteiger charge is -2.38. The summed E-state index contributed by atoms with van der Waals surface area (Å²) in [5.41, 5.74) is 2.06. The Balaban J connectivity index is 1.87. The summed E-state index contributed by atoms with van der Waals surface area (Å²) in [6.45, 7) is 2.18. The lowest BCUT2D eigenvalue weighted by atomic mass is 9.87. The highest BCUT2D eigenvalue weighted by atomic mass is 32.2. The first-order chi connectivity index (χ1) is 11.7. The Morgan fingerprint density at radius 3 is 2.92 bits per heavy atom. The maximum Gasteiger partial charge on any atom is 0.276 e. The van der Waals surface area contributed by atoms with Crippen LogP contribution < -0.4 is 15.9 Å². The first kappa shape index (κ1) is 15.4. The Morgan fingerprint density at radius 2 is 2.17 bits per heavy atom. The van der Waals surface area contributed by atoms with Crippen molar-refractivity contribution < 1.29 is 4.79 Å². The van der Waals surface area contributed by atoms with Crippen molar-refractivity contribution in [3.63, 3.8) is 0 Å². The fraction of sp³-hybridized carbons (Fsp3) is 0.389. The molecule has 6 heteroatoms. The van der Waals surface area contributed by atoms with Crippen LogP contribution in [0.25, 0.3) is 5.70 Å². The van der Waals surface area contributed by atoms with Crippen LogP contribution in [-0.4, -0.2) is 28.5 Å². The number of nitrogens with one attached hydrogen (secondary N) is 1. The Morgan fingerprint density at radius 1 is 1.33 bits per heavy atom. The van der Waals surface area contributed by atoms with Crippen molar-refractivity contribution in [2.45, 2.75) is 32.4 Å². The third-order valence-corrected chi connectivity index (χ3v) is 5.41. The molecule has 0 bridgehead atoms. The van der Waals surface area contributed by atoms with Gasteiger partial charge in [0, 0.05) is 11.1 Å². The molecule has 0 radical (unpaired) electrons. The zero-order valence-electron chi connectivity index (χ0n) is 13.8. The minimum Gasteiger partial charge on any atom is -0.298 e. The molecule has 1 aromatic carbocycles. The smallest absolute Gasteiger partial charge is 0.276 e. The van der Waals surface area contributed by atoms with E-state index in [1.807, 2.05) is 35.5 Å². The molecular formula is C18H20N4OS. The zero-order chi connectivity index (χ0) is 16.7. The largest absolute Gasteiger partial charge is 0.298 e. The van der Waals surface area contributed by atoms with Gasteiger partial charge < -0.3 is 0 Å². The standard InChI is InChI=1S/C18H20N4OS/c1-11-7-9-12(10-8-11)16-19-14-6-4-3-5-13(14)15-17(23)20-18(24-2)21-22(15)16/h3-7,12,16H,8-10H2,1-2H3,(H,20,21,23)/t12-,16-/m0/s1. The molecule has 24 heavy (non-hydrogen) atoms. The minimum absolute atomic E-state index is 0.0933. The number of nitrogens with zero attached hydrogens (tertiary/aromatic N) is 3. The van der Waals surface area contributed by atoms with Gasteiger partial charge in [0.05, 0.1) is 5.36 Å². The third-order valence-electron chi connectivity index (χ3n) is 4.84. The Hall–Kier alpha value is -2.08. The van der Waals surface area contributed by atoms with Gasteiger partial charge in [-0.2, -0.15) is 0 Å². The molecule has 1 aliphatic carbocycles. The van der Waals surface area contributed by atoms with Gasteiger partial charge in [-0.25, -0.2) is 5.01 Å². The van der Waals surface area contributed by atoms with Crippen molar-refractivity contribution in [1.29, 1.82) is 0 Å². The maximum atomic E-state index is 12.7. The van der Waals surface area contributed by atoms with Crippen molar-refractivity contribution in [2.75, 3.05) is 6.26 Å². The van der Waals surface area contributed by atoms with Gasteiger partial charge in [-0.05, 0) is 38.5 Å². The minimum atomic E-state index is -0.118. The molecule has 1 N–H and O–H groups in total. The summed E-state index contributed by atoms with van der Waals surface area (Å²) >= 11 is 1.45. The number of carbonyl (C=O) groups excluding carboxylic acids is 1. The van der Waals surface area contributed by atoms with E-state index in [9.17, 15) is 4.79 Å². The highest BCUT2D eigenvalue weighted by molar-refractivity contribution is 8.13. The normalized spacial score (nSPS) is 25.8. The van der Waals surface area contributed by atoms with Crippen LogP contribution in [0.3, 0.4) is 0 Å². The van der Waals surface area contributed by atoms with E-state index < -0.39 is 0 Å². The van der Waals surface area contributed by atoms with E-state index in [0.717, 1.165) is 29.8 Å². The molecule has 2 aliphatic heterocycles. The summed E-state index contributed by atoms with van der Waals surface area (Å²) in [7, 11) is 0. The Bertz CT molecular complexity index is 873. The summed E-state index contributed by atoms with van der Waals surface area (Å²) in [6.07, 6.45) is 7.25. The molecule has 4 rings (SSSR count). The summed E-state index contributed by atoms with van der Waals surface area (Å²) in [6, 6.07) is 7.84. The van der Waals surface area contributed by atoms with Crippen molar-refractivity contribution >= 4 is 28.5 Å². The second kappa shape index (κ2) is 6.09. The number of amides is 1. The predicted molar refractivity (Wildman–Crippen MR) is 96.4 cm³/mol. The molecule has 124 valence electrons. The van der Waals surface area contributed by atoms with Crippen LogP contribution in [0, 0.1) is 5.92 Å². The van der Waals surface area contributed by atoms with Gasteiger partial charge in [0.25, 0.3) is 5.91 Å². The van der Waals surface area contributed by atoms with Crippen molar-refractivity contribution in [1.82, 2.24) is 10.3 Å². The second-order valence-electron chi connectivity index (χ2n) is 6.40. The second-order valence-corrected chi connectivity index (χ2v) is 7.20. The van der Waals surface area contributed by atoms with Crippen LogP contribution in [0.2, 0.25) is 0 Å². The molecule has 2 atom stereocenters. The Kier molecular flexibility index (Phi) is 3.92. The van der Waals surface area contributed by atoms with E-state index in [4.69, 9.17) is 4.99 Å². The average molecular weight is 340 g/mol. The summed E-state index contributed by atoms with van der Waals surface area (Å²) in [4.78, 5) is 17.7. The summed E-state index contributed by atoms with van der Waals surface area (Å²) < 4.78 is 0. The van der Waals surface area contributed by atoms with Crippen LogP contribution in [-0.2, 0) is 4.79 Å². The van der Waals surface area contributed by atoms with E-state index in [1.54, 1.807) is 0 Å². The SMILES string of the molecule is CSC1=NN2C(=c3ccccc3=N[C@@H]2[C@H]2CC=C(C)CC2)C(=O)N1. The van der Waals surface area contributed by atoms with E-state index >= 15 is 0 Å². The van der Waals surface area contributed by atoms with Crippen LogP contribution in [0.1, 0.15) is 26.2 Å². The quantitative estimate of drug-likeness (QED) is 0.790. The number of rotatable bonds is 1. The molecule has 0 unspecified atom stereocenters. The summed E-state index contributed by atoms with van der Waals surface area (Å²) in [5.74, 6) is 0.277. The zero-order valence-corrected chi connectivity index (χ0v) is 14.6. The monoisotopic (exact) mass is 340 g/mol. The number of allylic oxidation sites excluding steroid dienone is 2. The van der Waals surface area contributed by atoms with Crippen molar-refractivity contribution in [3.05, 3.63) is 46.5 Å². The first-order valence-corrected chi connectivity index (χ1v) is 9.46. The van der Waals surface area contributed by atoms with Gasteiger partial charge >= 0.3 is 0 Å². The van der Waals surface area contributed by atoms with Crippen LogP contribution >= 0.6 is 11.8 Å². The van der Waals surface area contributed by atoms with Crippen LogP contribution in [0.15, 0.2) is 46.0 Å². The number of benzene rings is 1. The molecule has 3 aliphatic rings. The number of thioether (sulfide) groups is 1. The van der Waals surface area contributed by atoms with Gasteiger partial charge in [-0.1, -0.05) is 41.6 Å². The van der Waals surface area contributed by atoms with Crippen LogP contribution in [0.5, 0.6) is 0 Å². The van der Waals surface area contributed by atoms with Gasteiger partial charge in [0.15, 0.2) is 5.17 Å². The number of hydrogen-bond donors (Lipinski definition) is 1. The number of fused-ring (bicyclic) bond motifs is 2. The highest BCUT2D eigenvalue weighted by Crippen LogP contribution is 2.32. The molecule has 5 nitrogen and oxygen atoms in total. The molecule has 2 heterocycles. The molecule has 1 amide bonds. The van der Waals surface area contributed by atoms with Gasteiger partial charge in [0.2, 0.25) is 0 Å². The molecule has 0 saturated carbocycles. The third kappa shape index (κ3) is 2.55. The lowest BCUT2D eigenvalue weighted by molar-refractivity contribution is -0.116. The van der Waals surface area contributed by atoms with E-state index in [-0.39, 0.29) is 12.1 Å². The van der Waals surface area contributed by atoms with E-state index in [0.29, 0.717) is 16.8 Å². The molecule has 1 aromatic rings. The number of hydrazone groups is 1. The molecular weight excluding hydrogens is 320 g/mol. The Labute approximate surface area is 145 Å². The highest BCUT2D eigenvalue weighted by Gasteiger charge is 2.37. The predicted octanol–water partition coefficient (Wildman–Crippen LogP) is 1.57. The van der Waals surface area contributed by atoms with Gasteiger partial charge in [0.1, 0.15) is 11.9 Å².